The van der Waals surface area contributed by atoms with Crippen LogP contribution in [0.25, 0.3) is 0 Å². The number of carbonyl (C=O) groups excluding carboxylic acids is 1. The summed E-state index contributed by atoms with van der Waals surface area (Å²) in [7, 11) is 1.39. The van der Waals surface area contributed by atoms with Gasteiger partial charge >= 0.3 is 0 Å². The van der Waals surface area contributed by atoms with Crippen LogP contribution in [0, 0.1) is 11.7 Å². The Labute approximate surface area is 127 Å². The smallest absolute Gasteiger partial charge is 0.251 e. The van der Waals surface area contributed by atoms with Gasteiger partial charge in [0.2, 0.25) is 0 Å². The molecule has 0 saturated carbocycles. The van der Waals surface area contributed by atoms with E-state index in [9.17, 15) is 9.18 Å². The maximum Gasteiger partial charge on any atom is 0.251 e. The number of rotatable bonds is 5. The highest BCUT2D eigenvalue weighted by Crippen LogP contribution is 2.26. The maximum absolute atomic E-state index is 13.7. The average Bonchev–Trinajstić information content (AvgIpc) is 2.97. The summed E-state index contributed by atoms with van der Waals surface area (Å²) in [5, 5.41) is 4.94. The number of carbonyl (C=O) groups is 1. The number of halogens is 1. The van der Waals surface area contributed by atoms with Crippen molar-refractivity contribution in [3.05, 3.63) is 52.0 Å². The average molecular weight is 307 g/mol. The fourth-order valence-electron chi connectivity index (χ4n) is 2.07. The lowest BCUT2D eigenvalue weighted by molar-refractivity contribution is 0.0926. The SMILES string of the molecule is COc1ccc(C(=O)N[C@H](c2cccs2)C(C)C)cc1F. The Hall–Kier alpha value is -1.88. The lowest BCUT2D eigenvalue weighted by atomic mass is 10.0. The fourth-order valence-corrected chi connectivity index (χ4v) is 3.02. The van der Waals surface area contributed by atoms with Crippen LogP contribution >= 0.6 is 11.3 Å². The number of thiophene rings is 1. The number of amides is 1. The van der Waals surface area contributed by atoms with Crippen LogP contribution in [0.3, 0.4) is 0 Å². The van der Waals surface area contributed by atoms with Crippen molar-refractivity contribution >= 4 is 17.2 Å². The van der Waals surface area contributed by atoms with Gasteiger partial charge in [-0.1, -0.05) is 19.9 Å². The Morgan fingerprint density at radius 1 is 1.33 bits per heavy atom. The third kappa shape index (κ3) is 3.61. The van der Waals surface area contributed by atoms with Crippen LogP contribution in [0.2, 0.25) is 0 Å². The molecule has 112 valence electrons. The molecule has 3 nitrogen and oxygen atoms in total. The number of methoxy groups -OCH3 is 1. The lowest BCUT2D eigenvalue weighted by Gasteiger charge is -2.21. The van der Waals surface area contributed by atoms with Gasteiger partial charge in [0.25, 0.3) is 5.91 Å². The van der Waals surface area contributed by atoms with Gasteiger partial charge in [0.15, 0.2) is 11.6 Å². The van der Waals surface area contributed by atoms with Gasteiger partial charge in [-0.3, -0.25) is 4.79 Å². The highest BCUT2D eigenvalue weighted by Gasteiger charge is 2.20. The second kappa shape index (κ2) is 6.72. The Bertz CT molecular complexity index is 611. The molecule has 21 heavy (non-hydrogen) atoms. The van der Waals surface area contributed by atoms with E-state index in [0.717, 1.165) is 4.88 Å². The number of ether oxygens (including phenoxy) is 1. The molecule has 0 spiro atoms. The summed E-state index contributed by atoms with van der Waals surface area (Å²) in [5.74, 6) is -0.452. The second-order valence-electron chi connectivity index (χ2n) is 5.06. The van der Waals surface area contributed by atoms with Gasteiger partial charge in [-0.2, -0.15) is 0 Å². The van der Waals surface area contributed by atoms with E-state index in [0.29, 0.717) is 0 Å². The zero-order valence-corrected chi connectivity index (χ0v) is 13.0. The van der Waals surface area contributed by atoms with E-state index in [1.54, 1.807) is 17.4 Å². The van der Waals surface area contributed by atoms with Gasteiger partial charge in [0.05, 0.1) is 13.2 Å². The summed E-state index contributed by atoms with van der Waals surface area (Å²) in [6, 6.07) is 8.07. The Morgan fingerprint density at radius 3 is 2.62 bits per heavy atom. The molecular formula is C16H18FNO2S. The molecule has 0 fully saturated rings. The Balaban J connectivity index is 2.18. The van der Waals surface area contributed by atoms with Crippen molar-refractivity contribution < 1.29 is 13.9 Å². The Morgan fingerprint density at radius 2 is 2.10 bits per heavy atom. The molecular weight excluding hydrogens is 289 g/mol. The molecule has 5 heteroatoms. The van der Waals surface area contributed by atoms with Crippen LogP contribution in [-0.2, 0) is 0 Å². The van der Waals surface area contributed by atoms with Crippen molar-refractivity contribution in [1.29, 1.82) is 0 Å². The van der Waals surface area contributed by atoms with Crippen LogP contribution in [-0.4, -0.2) is 13.0 Å². The molecule has 0 bridgehead atoms. The van der Waals surface area contributed by atoms with Crippen LogP contribution in [0.15, 0.2) is 35.7 Å². The van der Waals surface area contributed by atoms with E-state index in [1.165, 1.54) is 19.2 Å². The van der Waals surface area contributed by atoms with Crippen LogP contribution in [0.5, 0.6) is 5.75 Å². The van der Waals surface area contributed by atoms with E-state index in [2.05, 4.69) is 5.32 Å². The highest BCUT2D eigenvalue weighted by atomic mass is 32.1. The molecule has 0 radical (unpaired) electrons. The van der Waals surface area contributed by atoms with Crippen molar-refractivity contribution in [2.24, 2.45) is 5.92 Å². The monoisotopic (exact) mass is 307 g/mol. The van der Waals surface area contributed by atoms with E-state index in [-0.39, 0.29) is 29.2 Å². The number of hydrogen-bond acceptors (Lipinski definition) is 3. The van der Waals surface area contributed by atoms with Gasteiger partial charge in [0, 0.05) is 10.4 Å². The Kier molecular flexibility index (Phi) is 4.96. The maximum atomic E-state index is 13.7. The molecule has 1 N–H and O–H groups in total. The molecule has 1 atom stereocenters. The molecule has 1 aromatic carbocycles. The van der Waals surface area contributed by atoms with Crippen molar-refractivity contribution in [3.8, 4) is 5.75 Å². The lowest BCUT2D eigenvalue weighted by Crippen LogP contribution is -2.31. The first-order valence-corrected chi connectivity index (χ1v) is 7.58. The summed E-state index contributed by atoms with van der Waals surface area (Å²) in [6.45, 7) is 4.08. The van der Waals surface area contributed by atoms with E-state index in [1.807, 2.05) is 31.4 Å². The highest BCUT2D eigenvalue weighted by molar-refractivity contribution is 7.10. The van der Waals surface area contributed by atoms with Gasteiger partial charge < -0.3 is 10.1 Å². The first-order chi connectivity index (χ1) is 10.0. The predicted molar refractivity (Wildman–Crippen MR) is 82.3 cm³/mol. The van der Waals surface area contributed by atoms with Crippen molar-refractivity contribution in [2.45, 2.75) is 19.9 Å². The molecule has 0 aliphatic rings. The molecule has 1 amide bonds. The third-order valence-electron chi connectivity index (χ3n) is 3.22. The summed E-state index contributed by atoms with van der Waals surface area (Å²) < 4.78 is 18.5. The topological polar surface area (TPSA) is 38.3 Å². The van der Waals surface area contributed by atoms with Crippen LogP contribution in [0.4, 0.5) is 4.39 Å². The van der Waals surface area contributed by atoms with E-state index in [4.69, 9.17) is 4.74 Å². The normalized spacial score (nSPS) is 12.2. The zero-order valence-electron chi connectivity index (χ0n) is 12.2. The fraction of sp³-hybridized carbons (Fsp3) is 0.312. The summed E-state index contributed by atoms with van der Waals surface area (Å²) >= 11 is 1.60. The van der Waals surface area contributed by atoms with Crippen molar-refractivity contribution in [2.75, 3.05) is 7.11 Å². The first-order valence-electron chi connectivity index (χ1n) is 6.70. The van der Waals surface area contributed by atoms with Gasteiger partial charge in [-0.05, 0) is 35.6 Å². The van der Waals surface area contributed by atoms with Crippen LogP contribution in [0.1, 0.15) is 35.1 Å². The van der Waals surface area contributed by atoms with E-state index >= 15 is 0 Å². The number of hydrogen-bond donors (Lipinski definition) is 1. The standard InChI is InChI=1S/C16H18FNO2S/c1-10(2)15(14-5-4-8-21-14)18-16(19)11-6-7-13(20-3)12(17)9-11/h4-10,15H,1-3H3,(H,18,19)/t15-/m0/s1. The van der Waals surface area contributed by atoms with E-state index < -0.39 is 5.82 Å². The minimum atomic E-state index is -0.539. The van der Waals surface area contributed by atoms with Gasteiger partial charge in [-0.15, -0.1) is 11.3 Å². The molecule has 1 heterocycles. The van der Waals surface area contributed by atoms with Gasteiger partial charge in [0.1, 0.15) is 0 Å². The van der Waals surface area contributed by atoms with Crippen molar-refractivity contribution in [3.63, 3.8) is 0 Å². The molecule has 0 aliphatic carbocycles. The molecule has 1 aromatic heterocycles. The second-order valence-corrected chi connectivity index (χ2v) is 6.04. The molecule has 0 saturated heterocycles. The minimum absolute atomic E-state index is 0.0809. The predicted octanol–water partition coefficient (Wildman–Crippen LogP) is 4.02. The quantitative estimate of drug-likeness (QED) is 0.906. The molecule has 2 aromatic rings. The summed E-state index contributed by atoms with van der Waals surface area (Å²) in [6.07, 6.45) is 0. The zero-order chi connectivity index (χ0) is 15.4. The molecule has 0 unspecified atom stereocenters. The molecule has 0 aliphatic heterocycles. The first kappa shape index (κ1) is 15.5. The minimum Gasteiger partial charge on any atom is -0.494 e. The van der Waals surface area contributed by atoms with Crippen molar-refractivity contribution in [1.82, 2.24) is 5.32 Å². The number of benzene rings is 1. The largest absolute Gasteiger partial charge is 0.494 e. The number of nitrogens with one attached hydrogen (secondary N) is 1. The molecule has 2 rings (SSSR count). The van der Waals surface area contributed by atoms with Gasteiger partial charge in [-0.25, -0.2) is 4.39 Å². The summed E-state index contributed by atoms with van der Waals surface area (Å²) in [4.78, 5) is 13.4. The third-order valence-corrected chi connectivity index (χ3v) is 4.17. The van der Waals surface area contributed by atoms with Crippen LogP contribution < -0.4 is 10.1 Å². The summed E-state index contributed by atoms with van der Waals surface area (Å²) in [5.41, 5.74) is 0.288.